The number of nitrogens with one attached hydrogen (secondary N) is 1. The Morgan fingerprint density at radius 1 is 1.24 bits per heavy atom. The number of likely N-dealkylation sites (N-methyl/N-ethyl adjacent to an activating group) is 1. The summed E-state index contributed by atoms with van der Waals surface area (Å²) < 4.78 is 0. The van der Waals surface area contributed by atoms with Crippen molar-refractivity contribution in [3.05, 3.63) is 0 Å². The molecule has 0 radical (unpaired) electrons. The van der Waals surface area contributed by atoms with Crippen molar-refractivity contribution < 1.29 is 0 Å². The Morgan fingerprint density at radius 3 is 2.62 bits per heavy atom. The number of piperazine rings is 1. The van der Waals surface area contributed by atoms with Crippen molar-refractivity contribution in [2.75, 3.05) is 39.8 Å². The lowest BCUT2D eigenvalue weighted by Gasteiger charge is -2.47. The third-order valence-corrected chi connectivity index (χ3v) is 5.58. The molecule has 0 bridgehead atoms. The summed E-state index contributed by atoms with van der Waals surface area (Å²) in [6.45, 7) is 15.6. The van der Waals surface area contributed by atoms with Crippen molar-refractivity contribution in [3.8, 4) is 0 Å². The maximum Gasteiger partial charge on any atom is 0.0195 e. The van der Waals surface area contributed by atoms with Gasteiger partial charge in [0.1, 0.15) is 0 Å². The molecule has 1 aliphatic heterocycles. The van der Waals surface area contributed by atoms with Crippen molar-refractivity contribution in [3.63, 3.8) is 0 Å². The molecule has 0 amide bonds. The van der Waals surface area contributed by atoms with Crippen molar-refractivity contribution in [2.24, 2.45) is 11.3 Å². The van der Waals surface area contributed by atoms with Gasteiger partial charge in [0.25, 0.3) is 0 Å². The van der Waals surface area contributed by atoms with Gasteiger partial charge >= 0.3 is 0 Å². The van der Waals surface area contributed by atoms with Crippen LogP contribution in [-0.4, -0.2) is 61.7 Å². The third-order valence-electron chi connectivity index (χ3n) is 5.58. The Morgan fingerprint density at radius 2 is 2.00 bits per heavy atom. The van der Waals surface area contributed by atoms with Crippen LogP contribution in [0.4, 0.5) is 0 Å². The van der Waals surface area contributed by atoms with Crippen LogP contribution in [0.3, 0.4) is 0 Å². The van der Waals surface area contributed by atoms with Gasteiger partial charge in [0.15, 0.2) is 0 Å². The molecule has 3 heteroatoms. The summed E-state index contributed by atoms with van der Waals surface area (Å²) in [5.41, 5.74) is 0.506. The summed E-state index contributed by atoms with van der Waals surface area (Å²) in [5.74, 6) is 0.899. The Balaban J connectivity index is 2.01. The molecular weight excluding hydrogens is 258 g/mol. The average molecular weight is 296 g/mol. The Kier molecular flexibility index (Phi) is 6.10. The fraction of sp³-hybridized carbons (Fsp3) is 1.00. The molecule has 124 valence electrons. The first-order valence-corrected chi connectivity index (χ1v) is 9.06. The van der Waals surface area contributed by atoms with E-state index in [1.165, 1.54) is 58.4 Å². The molecule has 0 spiro atoms. The highest BCUT2D eigenvalue weighted by Crippen LogP contribution is 2.40. The van der Waals surface area contributed by atoms with Crippen LogP contribution >= 0.6 is 0 Å². The van der Waals surface area contributed by atoms with Crippen LogP contribution in [0.15, 0.2) is 0 Å². The molecule has 21 heavy (non-hydrogen) atoms. The number of nitrogens with zero attached hydrogens (tertiary/aromatic N) is 2. The van der Waals surface area contributed by atoms with Crippen molar-refractivity contribution in [1.82, 2.24) is 15.1 Å². The van der Waals surface area contributed by atoms with Crippen LogP contribution in [0.2, 0.25) is 0 Å². The SMILES string of the molecule is CC1CCCC(CNC(C)C)(CN2CCN(C)CC2C)C1. The van der Waals surface area contributed by atoms with Crippen molar-refractivity contribution >= 4 is 0 Å². The second kappa shape index (κ2) is 7.43. The van der Waals surface area contributed by atoms with Crippen LogP contribution in [0.25, 0.3) is 0 Å². The molecular formula is C18H37N3. The second-order valence-electron chi connectivity index (χ2n) is 8.32. The van der Waals surface area contributed by atoms with Gasteiger partial charge in [-0.3, -0.25) is 4.90 Å². The summed E-state index contributed by atoms with van der Waals surface area (Å²) in [5, 5.41) is 3.75. The predicted molar refractivity (Wildman–Crippen MR) is 91.7 cm³/mol. The van der Waals surface area contributed by atoms with Gasteiger partial charge in [0.2, 0.25) is 0 Å². The van der Waals surface area contributed by atoms with E-state index >= 15 is 0 Å². The predicted octanol–water partition coefficient (Wildman–Crippen LogP) is 2.82. The van der Waals surface area contributed by atoms with Crippen LogP contribution < -0.4 is 5.32 Å². The minimum Gasteiger partial charge on any atom is -0.314 e. The lowest BCUT2D eigenvalue weighted by atomic mass is 9.69. The minimum absolute atomic E-state index is 0.506. The van der Waals surface area contributed by atoms with E-state index in [0.29, 0.717) is 17.5 Å². The maximum absolute atomic E-state index is 3.75. The monoisotopic (exact) mass is 295 g/mol. The van der Waals surface area contributed by atoms with Gasteiger partial charge < -0.3 is 10.2 Å². The van der Waals surface area contributed by atoms with Crippen molar-refractivity contribution in [2.45, 2.75) is 65.5 Å². The summed E-state index contributed by atoms with van der Waals surface area (Å²) in [4.78, 5) is 5.24. The van der Waals surface area contributed by atoms with E-state index in [-0.39, 0.29) is 0 Å². The molecule has 2 fully saturated rings. The molecule has 1 aliphatic carbocycles. The first-order valence-electron chi connectivity index (χ1n) is 9.06. The molecule has 2 aliphatic rings. The summed E-state index contributed by atoms with van der Waals surface area (Å²) >= 11 is 0. The van der Waals surface area contributed by atoms with Gasteiger partial charge in [-0.15, -0.1) is 0 Å². The van der Waals surface area contributed by atoms with Crippen molar-refractivity contribution in [1.29, 1.82) is 0 Å². The van der Waals surface area contributed by atoms with E-state index in [9.17, 15) is 0 Å². The molecule has 0 aromatic carbocycles. The van der Waals surface area contributed by atoms with Gasteiger partial charge in [-0.25, -0.2) is 0 Å². The Labute approximate surface area is 132 Å². The number of hydrogen-bond donors (Lipinski definition) is 1. The molecule has 1 saturated carbocycles. The third kappa shape index (κ3) is 4.94. The Bertz CT molecular complexity index is 318. The lowest BCUT2D eigenvalue weighted by molar-refractivity contribution is 0.0256. The fourth-order valence-corrected chi connectivity index (χ4v) is 4.39. The molecule has 1 saturated heterocycles. The van der Waals surface area contributed by atoms with E-state index < -0.39 is 0 Å². The van der Waals surface area contributed by atoms with E-state index in [1.54, 1.807) is 0 Å². The van der Waals surface area contributed by atoms with E-state index in [2.05, 4.69) is 49.9 Å². The Hall–Kier alpha value is -0.120. The molecule has 1 N–H and O–H groups in total. The first-order chi connectivity index (χ1) is 9.90. The van der Waals surface area contributed by atoms with Gasteiger partial charge in [-0.05, 0) is 38.1 Å². The fourth-order valence-electron chi connectivity index (χ4n) is 4.39. The number of hydrogen-bond acceptors (Lipinski definition) is 3. The van der Waals surface area contributed by atoms with E-state index in [0.717, 1.165) is 5.92 Å². The van der Waals surface area contributed by atoms with E-state index in [4.69, 9.17) is 0 Å². The zero-order valence-corrected chi connectivity index (χ0v) is 15.0. The van der Waals surface area contributed by atoms with Crippen LogP contribution in [-0.2, 0) is 0 Å². The highest BCUT2D eigenvalue weighted by molar-refractivity contribution is 4.92. The van der Waals surface area contributed by atoms with Crippen LogP contribution in [0, 0.1) is 11.3 Å². The van der Waals surface area contributed by atoms with Crippen LogP contribution in [0.5, 0.6) is 0 Å². The molecule has 2 rings (SSSR count). The normalized spacial score (nSPS) is 36.3. The van der Waals surface area contributed by atoms with Gasteiger partial charge in [0.05, 0.1) is 0 Å². The zero-order chi connectivity index (χ0) is 15.5. The van der Waals surface area contributed by atoms with E-state index in [1.807, 2.05) is 0 Å². The first kappa shape index (κ1) is 17.2. The maximum atomic E-state index is 3.75. The topological polar surface area (TPSA) is 18.5 Å². The molecule has 0 aromatic rings. The number of rotatable bonds is 5. The van der Waals surface area contributed by atoms with Gasteiger partial charge in [0, 0.05) is 44.8 Å². The second-order valence-corrected chi connectivity index (χ2v) is 8.32. The highest BCUT2D eigenvalue weighted by Gasteiger charge is 2.38. The molecule has 3 nitrogen and oxygen atoms in total. The standard InChI is InChI=1S/C18H37N3/c1-15(2)19-13-18(8-6-7-16(3)11-18)14-21-10-9-20(5)12-17(21)4/h15-17,19H,6-14H2,1-5H3. The summed E-state index contributed by atoms with van der Waals surface area (Å²) in [6, 6.07) is 1.31. The van der Waals surface area contributed by atoms with Crippen LogP contribution in [0.1, 0.15) is 53.4 Å². The molecule has 0 aromatic heterocycles. The highest BCUT2D eigenvalue weighted by atomic mass is 15.3. The summed E-state index contributed by atoms with van der Waals surface area (Å²) in [6.07, 6.45) is 5.67. The lowest BCUT2D eigenvalue weighted by Crippen LogP contribution is -2.56. The van der Waals surface area contributed by atoms with Gasteiger partial charge in [-0.1, -0.05) is 33.6 Å². The van der Waals surface area contributed by atoms with Gasteiger partial charge in [-0.2, -0.15) is 0 Å². The quantitative estimate of drug-likeness (QED) is 0.841. The smallest absolute Gasteiger partial charge is 0.0195 e. The minimum atomic E-state index is 0.506. The molecule has 3 unspecified atom stereocenters. The average Bonchev–Trinajstić information content (AvgIpc) is 2.40. The summed E-state index contributed by atoms with van der Waals surface area (Å²) in [7, 11) is 2.26. The molecule has 1 heterocycles. The largest absolute Gasteiger partial charge is 0.314 e. The zero-order valence-electron chi connectivity index (χ0n) is 15.0. The molecule has 3 atom stereocenters.